The lowest BCUT2D eigenvalue weighted by atomic mass is 10.0. The van der Waals surface area contributed by atoms with Crippen molar-refractivity contribution in [1.29, 1.82) is 0 Å². The van der Waals surface area contributed by atoms with Crippen LogP contribution in [0.3, 0.4) is 0 Å². The summed E-state index contributed by atoms with van der Waals surface area (Å²) in [6, 6.07) is 8.36. The Kier molecular flexibility index (Phi) is 4.03. The molecule has 0 radical (unpaired) electrons. The summed E-state index contributed by atoms with van der Waals surface area (Å²) in [5, 5.41) is 2.90. The largest absolute Gasteiger partial charge is 0.346 e. The van der Waals surface area contributed by atoms with Gasteiger partial charge >= 0.3 is 0 Å². The first-order valence-corrected chi connectivity index (χ1v) is 7.94. The Balaban J connectivity index is 1.82. The van der Waals surface area contributed by atoms with Crippen LogP contribution in [0, 0.1) is 0 Å². The molecule has 1 aromatic heterocycles. The highest BCUT2D eigenvalue weighted by Gasteiger charge is 2.20. The quantitative estimate of drug-likeness (QED) is 0.926. The average molecular weight is 310 g/mol. The number of para-hydroxylation sites is 1. The fourth-order valence-corrected chi connectivity index (χ4v) is 2.75. The minimum Gasteiger partial charge on any atom is -0.346 e. The van der Waals surface area contributed by atoms with E-state index < -0.39 is 0 Å². The number of fused-ring (bicyclic) bond motifs is 1. The summed E-state index contributed by atoms with van der Waals surface area (Å²) in [6.07, 6.45) is 5.41. The van der Waals surface area contributed by atoms with Crippen molar-refractivity contribution >= 4 is 17.4 Å². The number of nitrogens with one attached hydrogen (secondary N) is 1. The maximum absolute atomic E-state index is 12.1. The fourth-order valence-electron chi connectivity index (χ4n) is 2.75. The first-order valence-electron chi connectivity index (χ1n) is 7.94. The highest BCUT2D eigenvalue weighted by Crippen LogP contribution is 2.31. The summed E-state index contributed by atoms with van der Waals surface area (Å²) >= 11 is 0. The zero-order valence-corrected chi connectivity index (χ0v) is 13.8. The predicted octanol–water partition coefficient (Wildman–Crippen LogP) is 3.09. The number of anilines is 2. The van der Waals surface area contributed by atoms with E-state index in [2.05, 4.69) is 38.4 Å². The Bertz CT molecular complexity index is 704. The molecule has 1 aliphatic rings. The van der Waals surface area contributed by atoms with Gasteiger partial charge in [0, 0.05) is 17.8 Å². The van der Waals surface area contributed by atoms with E-state index in [0.29, 0.717) is 5.69 Å². The normalized spacial score (nSPS) is 14.3. The molecule has 0 atom stereocenters. The summed E-state index contributed by atoms with van der Waals surface area (Å²) in [4.78, 5) is 23.0. The minimum atomic E-state index is -0.288. The number of aromatic nitrogens is 2. The molecule has 23 heavy (non-hydrogen) atoms. The Morgan fingerprint density at radius 2 is 1.96 bits per heavy atom. The highest BCUT2D eigenvalue weighted by atomic mass is 16.2. The molecule has 5 nitrogen and oxygen atoms in total. The van der Waals surface area contributed by atoms with Crippen LogP contribution in [-0.2, 0) is 6.42 Å². The van der Waals surface area contributed by atoms with Crippen molar-refractivity contribution < 1.29 is 4.79 Å². The van der Waals surface area contributed by atoms with Crippen molar-refractivity contribution in [1.82, 2.24) is 15.3 Å². The molecule has 0 unspecified atom stereocenters. The van der Waals surface area contributed by atoms with Crippen molar-refractivity contribution in [2.75, 3.05) is 11.4 Å². The van der Waals surface area contributed by atoms with E-state index in [1.54, 1.807) is 12.4 Å². The van der Waals surface area contributed by atoms with Crippen molar-refractivity contribution in [3.8, 4) is 0 Å². The zero-order valence-electron chi connectivity index (χ0n) is 13.8. The summed E-state index contributed by atoms with van der Waals surface area (Å²) < 4.78 is 0. The molecular weight excluding hydrogens is 288 g/mol. The number of nitrogens with zero attached hydrogens (tertiary/aromatic N) is 3. The molecule has 1 N–H and O–H groups in total. The van der Waals surface area contributed by atoms with Gasteiger partial charge in [-0.1, -0.05) is 18.2 Å². The number of carbonyl (C=O) groups is 1. The standard InChI is InChI=1S/C18H22N4O/c1-18(2,3)21-17(23)14-11-20-16(12-19-14)22-10-6-8-13-7-4-5-9-15(13)22/h4-5,7,9,11-12H,6,8,10H2,1-3H3,(H,21,23). The van der Waals surface area contributed by atoms with Gasteiger partial charge in [0.2, 0.25) is 0 Å². The molecular formula is C18H22N4O. The summed E-state index contributed by atoms with van der Waals surface area (Å²) in [5.74, 6) is 0.583. The van der Waals surface area contributed by atoms with Gasteiger partial charge in [0.15, 0.2) is 5.82 Å². The highest BCUT2D eigenvalue weighted by molar-refractivity contribution is 5.92. The molecule has 0 saturated heterocycles. The number of amides is 1. The summed E-state index contributed by atoms with van der Waals surface area (Å²) in [5.41, 5.74) is 2.56. The van der Waals surface area contributed by atoms with Crippen LogP contribution in [0.15, 0.2) is 36.7 Å². The Labute approximate surface area is 136 Å². The van der Waals surface area contributed by atoms with E-state index in [4.69, 9.17) is 0 Å². The Hall–Kier alpha value is -2.43. The second-order valence-electron chi connectivity index (χ2n) is 6.85. The Morgan fingerprint density at radius 1 is 1.17 bits per heavy atom. The lowest BCUT2D eigenvalue weighted by molar-refractivity contribution is 0.0914. The first kappa shape index (κ1) is 15.5. The van der Waals surface area contributed by atoms with Crippen LogP contribution in [0.25, 0.3) is 0 Å². The second-order valence-corrected chi connectivity index (χ2v) is 6.85. The van der Waals surface area contributed by atoms with Crippen molar-refractivity contribution in [2.24, 2.45) is 0 Å². The number of hydrogen-bond acceptors (Lipinski definition) is 4. The van der Waals surface area contributed by atoms with E-state index in [-0.39, 0.29) is 11.4 Å². The van der Waals surface area contributed by atoms with Crippen LogP contribution < -0.4 is 10.2 Å². The topological polar surface area (TPSA) is 58.1 Å². The van der Waals surface area contributed by atoms with Crippen LogP contribution >= 0.6 is 0 Å². The van der Waals surface area contributed by atoms with Gasteiger partial charge in [-0.25, -0.2) is 9.97 Å². The molecule has 1 aromatic carbocycles. The molecule has 0 bridgehead atoms. The summed E-state index contributed by atoms with van der Waals surface area (Å²) in [6.45, 7) is 6.74. The van der Waals surface area contributed by atoms with Gasteiger partial charge in [0.25, 0.3) is 5.91 Å². The third kappa shape index (κ3) is 3.50. The lowest BCUT2D eigenvalue weighted by Crippen LogP contribution is -2.41. The number of carbonyl (C=O) groups excluding carboxylic acids is 1. The van der Waals surface area contributed by atoms with Crippen LogP contribution in [0.4, 0.5) is 11.5 Å². The number of hydrogen-bond donors (Lipinski definition) is 1. The van der Waals surface area contributed by atoms with Crippen molar-refractivity contribution in [3.05, 3.63) is 47.9 Å². The first-order chi connectivity index (χ1) is 10.9. The van der Waals surface area contributed by atoms with Crippen molar-refractivity contribution in [2.45, 2.75) is 39.2 Å². The third-order valence-electron chi connectivity index (χ3n) is 3.75. The lowest BCUT2D eigenvalue weighted by Gasteiger charge is -2.30. The van der Waals surface area contributed by atoms with Crippen LogP contribution in [-0.4, -0.2) is 28.0 Å². The molecule has 5 heteroatoms. The molecule has 3 rings (SSSR count). The van der Waals surface area contributed by atoms with E-state index in [1.807, 2.05) is 26.8 Å². The minimum absolute atomic E-state index is 0.199. The van der Waals surface area contributed by atoms with Crippen LogP contribution in [0.2, 0.25) is 0 Å². The number of rotatable bonds is 2. The van der Waals surface area contributed by atoms with Gasteiger partial charge in [-0.15, -0.1) is 0 Å². The van der Waals surface area contributed by atoms with Gasteiger partial charge in [-0.2, -0.15) is 0 Å². The SMILES string of the molecule is CC(C)(C)NC(=O)c1cnc(N2CCCc3ccccc32)cn1. The molecule has 0 spiro atoms. The van der Waals surface area contributed by atoms with Gasteiger partial charge in [-0.3, -0.25) is 4.79 Å². The molecule has 1 aliphatic heterocycles. The zero-order chi connectivity index (χ0) is 16.4. The van der Waals surface area contributed by atoms with Crippen molar-refractivity contribution in [3.63, 3.8) is 0 Å². The fraction of sp³-hybridized carbons (Fsp3) is 0.389. The van der Waals surface area contributed by atoms with Gasteiger partial charge in [0.1, 0.15) is 5.69 Å². The second kappa shape index (κ2) is 5.99. The maximum atomic E-state index is 12.1. The maximum Gasteiger partial charge on any atom is 0.271 e. The summed E-state index contributed by atoms with van der Waals surface area (Å²) in [7, 11) is 0. The number of benzene rings is 1. The van der Waals surface area contributed by atoms with Crippen LogP contribution in [0.5, 0.6) is 0 Å². The third-order valence-corrected chi connectivity index (χ3v) is 3.75. The smallest absolute Gasteiger partial charge is 0.271 e. The van der Waals surface area contributed by atoms with E-state index in [1.165, 1.54) is 11.3 Å². The average Bonchev–Trinajstić information content (AvgIpc) is 2.53. The predicted molar refractivity (Wildman–Crippen MR) is 91.0 cm³/mol. The molecule has 0 saturated carbocycles. The molecule has 120 valence electrons. The molecule has 2 heterocycles. The molecule has 1 amide bonds. The molecule has 0 fully saturated rings. The van der Waals surface area contributed by atoms with E-state index in [9.17, 15) is 4.79 Å². The Morgan fingerprint density at radius 3 is 2.65 bits per heavy atom. The van der Waals surface area contributed by atoms with Gasteiger partial charge in [-0.05, 0) is 45.2 Å². The van der Waals surface area contributed by atoms with E-state index >= 15 is 0 Å². The molecule has 0 aliphatic carbocycles. The number of aryl methyl sites for hydroxylation is 1. The van der Waals surface area contributed by atoms with Gasteiger partial charge < -0.3 is 10.2 Å². The monoisotopic (exact) mass is 310 g/mol. The van der Waals surface area contributed by atoms with E-state index in [0.717, 1.165) is 25.2 Å². The van der Waals surface area contributed by atoms with Crippen LogP contribution in [0.1, 0.15) is 43.2 Å². The van der Waals surface area contributed by atoms with Gasteiger partial charge in [0.05, 0.1) is 12.4 Å². The molecule has 2 aromatic rings.